The number of furan rings is 1. The summed E-state index contributed by atoms with van der Waals surface area (Å²) in [5, 5.41) is 15.8. The summed E-state index contributed by atoms with van der Waals surface area (Å²) in [6, 6.07) is 7.32. The Kier molecular flexibility index (Phi) is 4.50. The molecule has 1 fully saturated rings. The van der Waals surface area contributed by atoms with Crippen molar-refractivity contribution in [3.05, 3.63) is 51.8 Å². The third-order valence-corrected chi connectivity index (χ3v) is 3.73. The summed E-state index contributed by atoms with van der Waals surface area (Å²) in [6.07, 6.45) is 1.23. The highest BCUT2D eigenvalue weighted by Crippen LogP contribution is 2.34. The van der Waals surface area contributed by atoms with Crippen molar-refractivity contribution in [3.8, 4) is 17.1 Å². The van der Waals surface area contributed by atoms with Crippen LogP contribution in [0, 0.1) is 10.1 Å². The Morgan fingerprint density at radius 1 is 1.19 bits per heavy atom. The predicted molar refractivity (Wildman–Crippen MR) is 94.2 cm³/mol. The van der Waals surface area contributed by atoms with E-state index in [1.54, 1.807) is 6.07 Å². The molecule has 0 bridgehead atoms. The van der Waals surface area contributed by atoms with Gasteiger partial charge in [-0.3, -0.25) is 30.3 Å². The van der Waals surface area contributed by atoms with Crippen molar-refractivity contribution in [2.45, 2.75) is 0 Å². The summed E-state index contributed by atoms with van der Waals surface area (Å²) in [5.74, 6) is -0.600. The van der Waals surface area contributed by atoms with Gasteiger partial charge < -0.3 is 9.15 Å². The summed E-state index contributed by atoms with van der Waals surface area (Å²) in [7, 11) is 1.40. The van der Waals surface area contributed by atoms with Gasteiger partial charge in [0.2, 0.25) is 0 Å². The van der Waals surface area contributed by atoms with Gasteiger partial charge in [-0.25, -0.2) is 0 Å². The fraction of sp³-hybridized carbons (Fsp3) is 0.0625. The summed E-state index contributed by atoms with van der Waals surface area (Å²) < 4.78 is 10.5. The van der Waals surface area contributed by atoms with Gasteiger partial charge in [0.1, 0.15) is 22.8 Å². The first-order chi connectivity index (χ1) is 12.4. The van der Waals surface area contributed by atoms with Crippen LogP contribution < -0.4 is 15.4 Å². The van der Waals surface area contributed by atoms with Crippen LogP contribution in [0.4, 0.5) is 5.69 Å². The maximum Gasteiger partial charge on any atom is 0.284 e. The smallest absolute Gasteiger partial charge is 0.284 e. The number of carbonyl (C=O) groups excluding carboxylic acids is 2. The Balaban J connectivity index is 1.97. The lowest BCUT2D eigenvalue weighted by Crippen LogP contribution is -2.51. The molecule has 10 heteroatoms. The summed E-state index contributed by atoms with van der Waals surface area (Å²) in [4.78, 5) is 34.4. The van der Waals surface area contributed by atoms with Gasteiger partial charge in [-0.05, 0) is 42.6 Å². The number of nitrogens with one attached hydrogen (secondary N) is 2. The van der Waals surface area contributed by atoms with Crippen LogP contribution in [-0.2, 0) is 9.59 Å². The molecule has 26 heavy (non-hydrogen) atoms. The second-order valence-corrected chi connectivity index (χ2v) is 5.55. The average molecular weight is 373 g/mol. The maximum absolute atomic E-state index is 11.8. The molecule has 0 spiro atoms. The number of rotatable bonds is 4. The Morgan fingerprint density at radius 2 is 1.88 bits per heavy atom. The van der Waals surface area contributed by atoms with E-state index in [9.17, 15) is 19.7 Å². The zero-order valence-electron chi connectivity index (χ0n) is 13.3. The first-order valence-electron chi connectivity index (χ1n) is 7.20. The van der Waals surface area contributed by atoms with Gasteiger partial charge in [-0.2, -0.15) is 0 Å². The van der Waals surface area contributed by atoms with E-state index in [1.807, 2.05) is 0 Å². The molecular formula is C16H11N3O6S. The normalized spacial score (nSPS) is 13.9. The second-order valence-electron chi connectivity index (χ2n) is 5.14. The highest BCUT2D eigenvalue weighted by atomic mass is 32.1. The van der Waals surface area contributed by atoms with Crippen molar-refractivity contribution in [1.82, 2.24) is 10.6 Å². The molecule has 0 unspecified atom stereocenters. The van der Waals surface area contributed by atoms with Crippen molar-refractivity contribution in [2.75, 3.05) is 7.11 Å². The number of nitro benzene ring substituents is 1. The van der Waals surface area contributed by atoms with Crippen LogP contribution >= 0.6 is 12.2 Å². The van der Waals surface area contributed by atoms with E-state index in [1.165, 1.54) is 37.5 Å². The molecule has 2 N–H and O–H groups in total. The lowest BCUT2D eigenvalue weighted by molar-refractivity contribution is -0.384. The molecule has 1 saturated heterocycles. The SMILES string of the molecule is COc1ccc(-c2ccc(C=C3C(=O)NC(=S)NC3=O)o2)c([N+](=O)[O-])c1. The Morgan fingerprint density at radius 3 is 2.50 bits per heavy atom. The van der Waals surface area contributed by atoms with Crippen LogP contribution in [-0.4, -0.2) is 29.0 Å². The lowest BCUT2D eigenvalue weighted by atomic mass is 10.1. The van der Waals surface area contributed by atoms with Crippen LogP contribution in [0.5, 0.6) is 5.75 Å². The Labute approximate surface area is 151 Å². The fourth-order valence-corrected chi connectivity index (χ4v) is 2.51. The van der Waals surface area contributed by atoms with Crippen molar-refractivity contribution in [1.29, 1.82) is 0 Å². The number of ether oxygens (including phenoxy) is 1. The Bertz CT molecular complexity index is 956. The van der Waals surface area contributed by atoms with E-state index in [0.29, 0.717) is 5.75 Å². The van der Waals surface area contributed by atoms with Gasteiger partial charge in [0.15, 0.2) is 5.11 Å². The number of nitrogens with zero attached hydrogens (tertiary/aromatic N) is 1. The molecule has 3 rings (SSSR count). The first kappa shape index (κ1) is 17.3. The minimum atomic E-state index is -0.660. The van der Waals surface area contributed by atoms with Crippen LogP contribution in [0.2, 0.25) is 0 Å². The molecule has 9 nitrogen and oxygen atoms in total. The van der Waals surface area contributed by atoms with E-state index < -0.39 is 16.7 Å². The molecule has 132 valence electrons. The second kappa shape index (κ2) is 6.76. The number of benzene rings is 1. The summed E-state index contributed by atoms with van der Waals surface area (Å²) in [6.45, 7) is 0. The molecule has 0 radical (unpaired) electrons. The van der Waals surface area contributed by atoms with Gasteiger partial charge >= 0.3 is 0 Å². The van der Waals surface area contributed by atoms with E-state index >= 15 is 0 Å². The largest absolute Gasteiger partial charge is 0.497 e. The van der Waals surface area contributed by atoms with Crippen LogP contribution in [0.25, 0.3) is 17.4 Å². The topological polar surface area (TPSA) is 124 Å². The third-order valence-electron chi connectivity index (χ3n) is 3.52. The number of hydrogen-bond donors (Lipinski definition) is 2. The molecule has 1 aliphatic heterocycles. The number of hydrogen-bond acceptors (Lipinski definition) is 7. The van der Waals surface area contributed by atoms with Crippen molar-refractivity contribution >= 4 is 40.9 Å². The van der Waals surface area contributed by atoms with E-state index in [4.69, 9.17) is 21.4 Å². The molecule has 1 aliphatic rings. The molecule has 2 amide bonds. The Hall–Kier alpha value is -3.53. The van der Waals surface area contributed by atoms with Crippen molar-refractivity contribution in [2.24, 2.45) is 0 Å². The van der Waals surface area contributed by atoms with Crippen molar-refractivity contribution < 1.29 is 23.7 Å². The molecule has 0 aliphatic carbocycles. The van der Waals surface area contributed by atoms with Crippen molar-refractivity contribution in [3.63, 3.8) is 0 Å². The van der Waals surface area contributed by atoms with Gasteiger partial charge in [0.05, 0.1) is 23.7 Å². The van der Waals surface area contributed by atoms with Gasteiger partial charge in [-0.15, -0.1) is 0 Å². The standard InChI is InChI=1S/C16H11N3O6S/c1-24-8-2-4-10(12(7-8)19(22)23)13-5-3-9(25-13)6-11-14(20)17-16(26)18-15(11)21/h2-7H,1H3,(H2,17,18,20,21,26). The highest BCUT2D eigenvalue weighted by Gasteiger charge is 2.26. The van der Waals surface area contributed by atoms with Crippen LogP contribution in [0.1, 0.15) is 5.76 Å². The molecule has 1 aromatic heterocycles. The number of methoxy groups -OCH3 is 1. The maximum atomic E-state index is 11.8. The summed E-state index contributed by atoms with van der Waals surface area (Å²) >= 11 is 4.72. The number of amides is 2. The monoisotopic (exact) mass is 373 g/mol. The van der Waals surface area contributed by atoms with Crippen LogP contribution in [0.3, 0.4) is 0 Å². The molecule has 0 atom stereocenters. The number of nitro groups is 1. The highest BCUT2D eigenvalue weighted by molar-refractivity contribution is 7.80. The fourth-order valence-electron chi connectivity index (χ4n) is 2.32. The van der Waals surface area contributed by atoms with Gasteiger partial charge in [0, 0.05) is 0 Å². The zero-order chi connectivity index (χ0) is 18.8. The third kappa shape index (κ3) is 3.30. The van der Waals surface area contributed by atoms with E-state index in [2.05, 4.69) is 10.6 Å². The number of carbonyl (C=O) groups is 2. The minimum Gasteiger partial charge on any atom is -0.497 e. The minimum absolute atomic E-state index is 0.0776. The molecule has 2 aromatic rings. The quantitative estimate of drug-likeness (QED) is 0.275. The predicted octanol–water partition coefficient (Wildman–Crippen LogP) is 1.78. The lowest BCUT2D eigenvalue weighted by Gasteiger charge is -2.15. The van der Waals surface area contributed by atoms with Crippen LogP contribution in [0.15, 0.2) is 40.3 Å². The molecule has 0 saturated carbocycles. The van der Waals surface area contributed by atoms with Gasteiger partial charge in [-0.1, -0.05) is 0 Å². The van der Waals surface area contributed by atoms with E-state index in [0.717, 1.165) is 0 Å². The number of thiocarbonyl (C=S) groups is 1. The van der Waals surface area contributed by atoms with E-state index in [-0.39, 0.29) is 33.5 Å². The first-order valence-corrected chi connectivity index (χ1v) is 7.61. The molecular weight excluding hydrogens is 362 g/mol. The van der Waals surface area contributed by atoms with Gasteiger partial charge in [0.25, 0.3) is 17.5 Å². The average Bonchev–Trinajstić information content (AvgIpc) is 3.06. The zero-order valence-corrected chi connectivity index (χ0v) is 14.1. The molecule has 2 heterocycles. The summed E-state index contributed by atoms with van der Waals surface area (Å²) in [5.41, 5.74) is -0.153. The molecule has 1 aromatic carbocycles.